The molecule has 1 heterocycles. The van der Waals surface area contributed by atoms with Gasteiger partial charge in [-0.25, -0.2) is 4.68 Å². The Hall–Kier alpha value is -3.00. The van der Waals surface area contributed by atoms with Crippen LogP contribution in [0.3, 0.4) is 0 Å². The highest BCUT2D eigenvalue weighted by molar-refractivity contribution is 7.71. The quantitative estimate of drug-likeness (QED) is 0.533. The molecule has 7 nitrogen and oxygen atoms in total. The summed E-state index contributed by atoms with van der Waals surface area (Å²) in [4.78, 5) is 13.0. The Morgan fingerprint density at radius 1 is 1.28 bits per heavy atom. The first-order valence-corrected chi connectivity index (χ1v) is 10.0. The molecule has 1 unspecified atom stereocenters. The maximum Gasteiger partial charge on any atom is 0.265 e. The van der Waals surface area contributed by atoms with Crippen molar-refractivity contribution in [2.24, 2.45) is 0 Å². The van der Waals surface area contributed by atoms with Gasteiger partial charge in [-0.3, -0.25) is 4.79 Å². The number of benzene rings is 2. The number of ether oxygens (including phenoxy) is 1. The molecular weight excluding hydrogens is 386 g/mol. The van der Waals surface area contributed by atoms with Crippen LogP contribution in [0.15, 0.2) is 42.5 Å². The number of aryl methyl sites for hydroxylation is 2. The number of nitrogens with one attached hydrogen (secondary N) is 2. The molecule has 2 aromatic carbocycles. The van der Waals surface area contributed by atoms with Gasteiger partial charge < -0.3 is 10.1 Å². The number of aromatic amines is 1. The Balaban J connectivity index is 1.78. The van der Waals surface area contributed by atoms with Gasteiger partial charge in [-0.2, -0.15) is 5.21 Å². The van der Waals surface area contributed by atoms with E-state index in [1.165, 1.54) is 0 Å². The molecule has 0 spiro atoms. The van der Waals surface area contributed by atoms with Crippen molar-refractivity contribution in [1.82, 2.24) is 20.2 Å². The van der Waals surface area contributed by atoms with E-state index in [1.54, 1.807) is 4.68 Å². The Morgan fingerprint density at radius 2 is 2.10 bits per heavy atom. The highest BCUT2D eigenvalue weighted by Crippen LogP contribution is 2.22. The fourth-order valence-electron chi connectivity index (χ4n) is 3.03. The van der Waals surface area contributed by atoms with Crippen LogP contribution < -0.4 is 10.1 Å². The summed E-state index contributed by atoms with van der Waals surface area (Å²) < 4.78 is 7.97. The minimum absolute atomic E-state index is 0.179. The topological polar surface area (TPSA) is 84.8 Å². The van der Waals surface area contributed by atoms with Crippen LogP contribution in [0, 0.1) is 18.6 Å². The second kappa shape index (κ2) is 9.47. The Kier molecular flexibility index (Phi) is 6.77. The first-order valence-electron chi connectivity index (χ1n) is 9.63. The first-order chi connectivity index (χ1) is 14.0. The molecule has 29 heavy (non-hydrogen) atoms. The molecule has 0 aliphatic heterocycles. The van der Waals surface area contributed by atoms with Gasteiger partial charge in [0, 0.05) is 5.69 Å². The molecule has 8 heteroatoms. The SMILES string of the molecule is CCCCC(Oc1ccc(C)cc1C)C(=O)Nc1cccc(-n2[nH]nnc2=S)c1. The monoisotopic (exact) mass is 411 g/mol. The van der Waals surface area contributed by atoms with E-state index in [2.05, 4.69) is 33.8 Å². The lowest BCUT2D eigenvalue weighted by atomic mass is 10.1. The van der Waals surface area contributed by atoms with E-state index >= 15 is 0 Å². The predicted octanol–water partition coefficient (Wildman–Crippen LogP) is 4.52. The Labute approximate surface area is 175 Å². The highest BCUT2D eigenvalue weighted by Gasteiger charge is 2.21. The molecule has 3 rings (SSSR count). The van der Waals surface area contributed by atoms with Gasteiger partial charge in [0.2, 0.25) is 4.77 Å². The van der Waals surface area contributed by atoms with Crippen LogP contribution in [0.25, 0.3) is 5.69 Å². The molecule has 0 bridgehead atoms. The average molecular weight is 412 g/mol. The standard InChI is InChI=1S/C21H25N5O2S/c1-4-5-9-19(28-18-11-10-14(2)12-15(18)3)20(27)22-16-7-6-8-17(13-16)26-21(29)23-24-25-26/h6-8,10-13,19H,4-5,9H2,1-3H3,(H,22,27)(H,23,25,29). The van der Waals surface area contributed by atoms with Crippen LogP contribution in [0.5, 0.6) is 5.75 Å². The summed E-state index contributed by atoms with van der Waals surface area (Å²) in [5.41, 5.74) is 3.56. The molecule has 0 fully saturated rings. The highest BCUT2D eigenvalue weighted by atomic mass is 32.1. The molecule has 0 saturated carbocycles. The summed E-state index contributed by atoms with van der Waals surface area (Å²) in [6, 6.07) is 13.3. The smallest absolute Gasteiger partial charge is 0.265 e. The van der Waals surface area contributed by atoms with E-state index in [0.29, 0.717) is 16.9 Å². The fraction of sp³-hybridized carbons (Fsp3) is 0.333. The minimum Gasteiger partial charge on any atom is -0.480 e. The third-order valence-electron chi connectivity index (χ3n) is 4.56. The number of H-pyrrole nitrogens is 1. The molecule has 0 saturated heterocycles. The van der Waals surface area contributed by atoms with Gasteiger partial charge in [0.15, 0.2) is 6.10 Å². The first kappa shape index (κ1) is 20.7. The van der Waals surface area contributed by atoms with Crippen LogP contribution in [0.1, 0.15) is 37.3 Å². The van der Waals surface area contributed by atoms with E-state index in [1.807, 2.05) is 50.2 Å². The van der Waals surface area contributed by atoms with Crippen molar-refractivity contribution in [3.63, 3.8) is 0 Å². The number of carbonyl (C=O) groups is 1. The van der Waals surface area contributed by atoms with Crippen LogP contribution in [0.2, 0.25) is 0 Å². The van der Waals surface area contributed by atoms with Crippen LogP contribution in [-0.4, -0.2) is 32.2 Å². The van der Waals surface area contributed by atoms with Gasteiger partial charge in [-0.05, 0) is 68.7 Å². The fourth-order valence-corrected chi connectivity index (χ4v) is 3.22. The molecule has 1 amide bonds. The number of anilines is 1. The van der Waals surface area contributed by atoms with Crippen molar-refractivity contribution >= 4 is 23.8 Å². The number of tetrazole rings is 1. The lowest BCUT2D eigenvalue weighted by Crippen LogP contribution is -2.33. The second-order valence-electron chi connectivity index (χ2n) is 6.98. The van der Waals surface area contributed by atoms with Gasteiger partial charge in [0.25, 0.3) is 5.91 Å². The molecule has 1 atom stereocenters. The normalized spacial score (nSPS) is 11.8. The van der Waals surface area contributed by atoms with Crippen molar-refractivity contribution in [3.05, 3.63) is 58.4 Å². The third kappa shape index (κ3) is 5.29. The van der Waals surface area contributed by atoms with Crippen molar-refractivity contribution in [1.29, 1.82) is 0 Å². The molecule has 152 valence electrons. The Morgan fingerprint density at radius 3 is 2.79 bits per heavy atom. The molecule has 2 N–H and O–H groups in total. The zero-order valence-corrected chi connectivity index (χ0v) is 17.6. The molecule has 0 radical (unpaired) electrons. The van der Waals surface area contributed by atoms with E-state index in [4.69, 9.17) is 17.0 Å². The summed E-state index contributed by atoms with van der Waals surface area (Å²) in [6.07, 6.45) is 1.96. The van der Waals surface area contributed by atoms with Gasteiger partial charge in [-0.1, -0.05) is 47.4 Å². The second-order valence-corrected chi connectivity index (χ2v) is 7.34. The molecule has 0 aliphatic carbocycles. The Bertz CT molecular complexity index is 1040. The van der Waals surface area contributed by atoms with Gasteiger partial charge >= 0.3 is 0 Å². The van der Waals surface area contributed by atoms with Crippen molar-refractivity contribution in [2.75, 3.05) is 5.32 Å². The van der Waals surface area contributed by atoms with E-state index in [0.717, 1.165) is 35.4 Å². The number of hydrogen-bond acceptors (Lipinski definition) is 5. The number of nitrogens with zero attached hydrogens (tertiary/aromatic N) is 3. The number of carbonyl (C=O) groups excluding carboxylic acids is 1. The summed E-state index contributed by atoms with van der Waals surface area (Å²) in [7, 11) is 0. The van der Waals surface area contributed by atoms with E-state index in [-0.39, 0.29) is 5.91 Å². The summed E-state index contributed by atoms with van der Waals surface area (Å²) in [5.74, 6) is 0.553. The molecule has 3 aromatic rings. The number of rotatable bonds is 8. The third-order valence-corrected chi connectivity index (χ3v) is 4.82. The number of hydrogen-bond donors (Lipinski definition) is 2. The molecular formula is C21H25N5O2S. The summed E-state index contributed by atoms with van der Waals surface area (Å²) in [5, 5.41) is 13.1. The van der Waals surface area contributed by atoms with Crippen molar-refractivity contribution in [3.8, 4) is 11.4 Å². The zero-order valence-electron chi connectivity index (χ0n) is 16.8. The van der Waals surface area contributed by atoms with Crippen LogP contribution in [0.4, 0.5) is 5.69 Å². The number of aromatic nitrogens is 4. The van der Waals surface area contributed by atoms with Gasteiger partial charge in [0.1, 0.15) is 5.75 Å². The lowest BCUT2D eigenvalue weighted by Gasteiger charge is -2.20. The number of unbranched alkanes of at least 4 members (excludes halogenated alkanes) is 1. The van der Waals surface area contributed by atoms with E-state index < -0.39 is 6.10 Å². The van der Waals surface area contributed by atoms with Crippen molar-refractivity contribution < 1.29 is 9.53 Å². The average Bonchev–Trinajstić information content (AvgIpc) is 3.12. The zero-order chi connectivity index (χ0) is 20.8. The van der Waals surface area contributed by atoms with Crippen LogP contribution >= 0.6 is 12.2 Å². The molecule has 1 aromatic heterocycles. The largest absolute Gasteiger partial charge is 0.480 e. The lowest BCUT2D eigenvalue weighted by molar-refractivity contribution is -0.123. The van der Waals surface area contributed by atoms with Gasteiger partial charge in [-0.15, -0.1) is 0 Å². The van der Waals surface area contributed by atoms with Crippen molar-refractivity contribution in [2.45, 2.75) is 46.1 Å². The van der Waals surface area contributed by atoms with E-state index in [9.17, 15) is 4.79 Å². The van der Waals surface area contributed by atoms with Crippen LogP contribution in [-0.2, 0) is 4.79 Å². The summed E-state index contributed by atoms with van der Waals surface area (Å²) in [6.45, 7) is 6.12. The maximum absolute atomic E-state index is 13.0. The summed E-state index contributed by atoms with van der Waals surface area (Å²) >= 11 is 5.13. The molecule has 0 aliphatic rings. The predicted molar refractivity (Wildman–Crippen MR) is 115 cm³/mol. The maximum atomic E-state index is 13.0. The van der Waals surface area contributed by atoms with Gasteiger partial charge in [0.05, 0.1) is 5.69 Å². The number of amides is 1. The minimum atomic E-state index is -0.573.